The summed E-state index contributed by atoms with van der Waals surface area (Å²) in [4.78, 5) is 173. The number of H-pyrrole nitrogens is 2. The molecule has 28 atom stereocenters. The Morgan fingerprint density at radius 2 is 0.764 bits per heavy atom. The van der Waals surface area contributed by atoms with Crippen molar-refractivity contribution in [2.75, 3.05) is 170 Å². The molecule has 10 aromatic heterocycles. The minimum Gasteiger partial charge on any atom is -0.387 e. The minimum atomic E-state index is -4.99. The fourth-order valence-corrected chi connectivity index (χ4v) is 24.6. The number of aromatic nitrogens is 20. The highest BCUT2D eigenvalue weighted by atomic mass is 32.5. The van der Waals surface area contributed by atoms with Gasteiger partial charge < -0.3 is 166 Å². The van der Waals surface area contributed by atoms with Gasteiger partial charge in [0.25, 0.3) is 11.1 Å². The van der Waals surface area contributed by atoms with Gasteiger partial charge in [-0.15, -0.1) is 0 Å². The van der Waals surface area contributed by atoms with Gasteiger partial charge in [0, 0.05) is 65.5 Å². The van der Waals surface area contributed by atoms with Crippen LogP contribution in [0, 0.1) is 13.8 Å². The first-order valence-electron chi connectivity index (χ1n) is 45.3. The van der Waals surface area contributed by atoms with Crippen LogP contribution in [0.1, 0.15) is 68.3 Å². The van der Waals surface area contributed by atoms with Crippen LogP contribution in [-0.4, -0.2) is 372 Å². The van der Waals surface area contributed by atoms with E-state index in [1.54, 1.807) is 11.5 Å². The van der Waals surface area contributed by atoms with Crippen LogP contribution in [-0.2, 0) is 180 Å². The summed E-state index contributed by atoms with van der Waals surface area (Å²) in [6, 6.07) is 0. The Kier molecular flexibility index (Phi) is 37.5. The van der Waals surface area contributed by atoms with Gasteiger partial charge in [0.1, 0.15) is 145 Å². The molecule has 11 unspecified atom stereocenters. The predicted molar refractivity (Wildman–Crippen MR) is 529 cm³/mol. The number of fused-ring (bicyclic) bond motifs is 4. The Hall–Kier alpha value is -7.47. The van der Waals surface area contributed by atoms with Crippen LogP contribution in [0.4, 0.5) is 29.2 Å². The van der Waals surface area contributed by atoms with Crippen molar-refractivity contribution in [3.05, 3.63) is 109 Å². The molecule has 0 amide bonds. The van der Waals surface area contributed by atoms with E-state index < -0.39 is 236 Å². The molecule has 0 aromatic carbocycles. The van der Waals surface area contributed by atoms with Crippen LogP contribution in [0.3, 0.4) is 0 Å². The maximum atomic E-state index is 14.0. The zero-order chi connectivity index (χ0) is 106. The van der Waals surface area contributed by atoms with Gasteiger partial charge in [-0.05, 0) is 79.3 Å². The summed E-state index contributed by atoms with van der Waals surface area (Å²) in [5.41, 5.74) is 28.7. The van der Waals surface area contributed by atoms with Gasteiger partial charge in [0.15, 0.2) is 76.7 Å². The van der Waals surface area contributed by atoms with Crippen LogP contribution in [0.25, 0.3) is 44.7 Å². The number of hydrogen-bond donors (Lipinski definition) is 13. The molecule has 0 saturated carbocycles. The number of aryl methyl sites for hydroxylation is 2. The highest BCUT2D eigenvalue weighted by Crippen LogP contribution is 2.58. The van der Waals surface area contributed by atoms with E-state index >= 15 is 0 Å². The maximum Gasteiger partial charge on any atom is 0.351 e. The Balaban J connectivity index is 0.677. The predicted octanol–water partition coefficient (Wildman–Crippen LogP) is -1.19. The number of imidazole rings is 4. The van der Waals surface area contributed by atoms with Gasteiger partial charge in [-0.2, -0.15) is 9.97 Å². The van der Waals surface area contributed by atoms with Crippen molar-refractivity contribution in [3.8, 4) is 0 Å². The molecule has 0 spiro atoms. The molecule has 16 rings (SSSR count). The lowest BCUT2D eigenvalue weighted by atomic mass is 10.1. The molecule has 814 valence electrons. The standard InChI is InChI=1S/C77H110N25O36P5S5/c1-9-38-39(20-45(128-38)99-31-89-46-61(79)83-28-86-64(46)99)134-140(109,145)125-26-43-53(58(122-18-13-116-7)72(131-43)98-22-37(3)68(104)96-77(98)107)137-143(112,148)127-27-44-54(59(123-19-14-117-8)73(133-44)101-33-91-48-63(81)85-30-88-66(48)101)138-142(111,147)126-25-42-51(56(120-16-11-114-5)74(132-42)102-34-92-49-67(102)94-75(82)95-69(49)105)135-139(108,144)35-118-23-41-52(57(121-17-12-115-6)71(130-41)97-21-36(2)60(78)93-76(97)106)136-141(110,146)124-24-40-50(103)55(119-15-10-113-4)70(129-40)100-32-90-47-62(80)84-29-87-65(47)100/h21-22,28-34,38-45,50-59,70-74,103H,9-20,23-27,35H2,1-8H3,(H,108,144)(H,109,145)(H,110,146)(H,111,147)(H,112,148)(H2,78,93,106)(H2,79,83,86)(H2,80,84,87)(H2,81,85,88)(H,96,104,107)(H3,82,94,95,105)/t38-,39?,40-,41-,42-,43-,44-,45-,50?,51?,52?,53?,54?,55+,56+,57+,58+,59+,70-,71-,72-,73-,74-,139?,140?,141?,142?,143?/m1/s1. The number of rotatable bonds is 53. The summed E-state index contributed by atoms with van der Waals surface area (Å²) in [6.45, 7) is -23.8. The fourth-order valence-electron chi connectivity index (χ4n) is 17.2. The van der Waals surface area contributed by atoms with Gasteiger partial charge >= 0.3 is 38.3 Å². The average Bonchev–Trinajstić information content (AvgIpc) is 1.61. The van der Waals surface area contributed by atoms with Crippen LogP contribution in [0.5, 0.6) is 0 Å². The molecule has 6 aliphatic rings. The molecule has 148 heavy (non-hydrogen) atoms. The number of methoxy groups -OCH3 is 5. The molecule has 71 heteroatoms. The first-order chi connectivity index (χ1) is 70.7. The van der Waals surface area contributed by atoms with E-state index in [0.717, 1.165) is 15.5 Å². The molecule has 18 N–H and O–H groups in total. The van der Waals surface area contributed by atoms with Crippen molar-refractivity contribution in [1.29, 1.82) is 0 Å². The highest BCUT2D eigenvalue weighted by molar-refractivity contribution is 8.09. The Morgan fingerprint density at radius 3 is 1.22 bits per heavy atom. The molecule has 6 fully saturated rings. The van der Waals surface area contributed by atoms with E-state index in [9.17, 15) is 48.8 Å². The molecule has 16 heterocycles. The van der Waals surface area contributed by atoms with Crippen LogP contribution < -0.4 is 51.2 Å². The first-order valence-corrected chi connectivity index (χ1v) is 58.5. The molecular weight excluding hydrogens is 2170 g/mol. The summed E-state index contributed by atoms with van der Waals surface area (Å²) in [6.07, 6.45) is -21.5. The second-order valence-corrected chi connectivity index (χ2v) is 48.5. The van der Waals surface area contributed by atoms with Gasteiger partial charge in [-0.3, -0.25) is 60.5 Å². The van der Waals surface area contributed by atoms with E-state index in [4.69, 9.17) is 209 Å². The van der Waals surface area contributed by atoms with Crippen LogP contribution >= 0.6 is 33.4 Å². The Labute approximate surface area is 863 Å². The van der Waals surface area contributed by atoms with E-state index in [1.807, 2.05) is 6.92 Å². The molecule has 0 radical (unpaired) electrons. The molecule has 10 aromatic rings. The molecular formula is C77H110N25O36P5S5. The maximum absolute atomic E-state index is 14.0. The second-order valence-electron chi connectivity index (χ2n) is 33.9. The van der Waals surface area contributed by atoms with Crippen LogP contribution in [0.2, 0.25) is 0 Å². The van der Waals surface area contributed by atoms with E-state index in [1.165, 1.54) is 107 Å². The van der Waals surface area contributed by atoms with Crippen molar-refractivity contribution in [1.82, 2.24) is 97.2 Å². The summed E-state index contributed by atoms with van der Waals surface area (Å²) in [5, 5.41) is 11.9. The summed E-state index contributed by atoms with van der Waals surface area (Å²) >= 11 is 29.3. The molecule has 0 bridgehead atoms. The zero-order valence-electron chi connectivity index (χ0n) is 79.8. The number of aliphatic hydroxyl groups is 1. The first kappa shape index (κ1) is 113. The lowest BCUT2D eigenvalue weighted by molar-refractivity contribution is -0.0842. The quantitative estimate of drug-likeness (QED) is 0.0157. The molecule has 61 nitrogen and oxygen atoms in total. The number of nitrogen functional groups attached to an aromatic ring is 5. The zero-order valence-corrected chi connectivity index (χ0v) is 88.4. The summed E-state index contributed by atoms with van der Waals surface area (Å²) in [5.74, 6) is -0.351. The van der Waals surface area contributed by atoms with Crippen molar-refractivity contribution < 1.29 is 151 Å². The normalized spacial score (nSPS) is 28.9. The van der Waals surface area contributed by atoms with Gasteiger partial charge in [-0.1, -0.05) is 6.92 Å². The smallest absolute Gasteiger partial charge is 0.351 e. The number of nitrogens with one attached hydrogen (secondary N) is 2. The van der Waals surface area contributed by atoms with Crippen molar-refractivity contribution in [3.63, 3.8) is 0 Å². The number of nitrogens with two attached hydrogens (primary N) is 5. The summed E-state index contributed by atoms with van der Waals surface area (Å²) < 4.78 is 169. The highest BCUT2D eigenvalue weighted by Gasteiger charge is 2.58. The van der Waals surface area contributed by atoms with Crippen molar-refractivity contribution >= 4 is 166 Å². The van der Waals surface area contributed by atoms with Crippen LogP contribution in [0.15, 0.2) is 75.9 Å². The van der Waals surface area contributed by atoms with Gasteiger partial charge in [0.2, 0.25) is 12.4 Å². The topological polar surface area (TPSA) is 776 Å². The number of ether oxygens (including phenoxy) is 17. The monoisotopic (exact) mass is 2280 g/mol. The number of anilines is 5. The van der Waals surface area contributed by atoms with E-state index in [0.29, 0.717) is 23.1 Å². The van der Waals surface area contributed by atoms with Gasteiger partial charge in [-0.25, -0.2) is 59.4 Å². The second kappa shape index (κ2) is 49.1. The van der Waals surface area contributed by atoms with E-state index in [-0.39, 0.29) is 141 Å². The molecule has 0 aliphatic carbocycles. The number of aromatic amines is 2. The summed E-state index contributed by atoms with van der Waals surface area (Å²) in [7, 11) is 7.01. The fraction of sp³-hybridized carbons (Fsp3) is 0.636. The lowest BCUT2D eigenvalue weighted by Crippen LogP contribution is -2.41. The van der Waals surface area contributed by atoms with E-state index in [2.05, 4.69) is 69.8 Å². The third-order valence-corrected chi connectivity index (χ3v) is 32.0. The van der Waals surface area contributed by atoms with Crippen molar-refractivity contribution in [2.45, 2.75) is 175 Å². The number of hydrogen-bond acceptors (Lipinski definition) is 53. The molecule has 6 saturated heterocycles. The SMILES string of the molecule is CC[C@H]1O[C@@H](n2cnc3c(N)ncnc32)CC1OP(O)(=S)OC[C@H]1O[C@@H](n2cc(C)c(=O)[nH]c2=O)[C@@H](OCCOC)C1OP(O)(=S)OC[C@H]1O[C@@H](n2cnc3c(N)ncnc32)[C@@H](OCCOC)C1OP(O)(=S)OC[C@H]1O[C@@H](n2cnc3c(=O)[nH]c(N)nc32)[C@@H](OCCOC)C1OP(O)(=S)COC[C@H]1O[C@@H](n2cc(C)c(N)nc2=O)[C@@H](OCCOC)C1OP(O)(=S)OC[C@H]1O[C@@H](n2cnc3c(N)ncnc32)[C@@H](OCCOC)C1O. The minimum absolute atomic E-state index is 0.0187. The Bertz CT molecular complexity index is 6810. The third-order valence-electron chi connectivity index (χ3n) is 24.1. The number of aliphatic hydroxyl groups excluding tert-OH is 1. The largest absolute Gasteiger partial charge is 0.387 e. The average molecular weight is 2280 g/mol. The van der Waals surface area contributed by atoms with Crippen molar-refractivity contribution in [2.24, 2.45) is 0 Å². The molecule has 6 aliphatic heterocycles. The van der Waals surface area contributed by atoms with Gasteiger partial charge in [0.05, 0.1) is 137 Å². The lowest BCUT2D eigenvalue weighted by Gasteiger charge is -2.31. The third kappa shape index (κ3) is 26.0. The number of nitrogens with zero attached hydrogens (tertiary/aromatic N) is 18. The Morgan fingerprint density at radius 1 is 0.392 bits per heavy atom.